The molecule has 1 amide bonds. The SMILES string of the molecule is Cc1noc(C)c1CCC(=O)NC(C)(C)CN. The molecule has 96 valence electrons. The molecule has 0 saturated carbocycles. The third-order valence-corrected chi connectivity index (χ3v) is 2.77. The van der Waals surface area contributed by atoms with Crippen LogP contribution < -0.4 is 11.1 Å². The summed E-state index contributed by atoms with van der Waals surface area (Å²) in [4.78, 5) is 11.7. The first kappa shape index (κ1) is 13.7. The van der Waals surface area contributed by atoms with Crippen molar-refractivity contribution in [2.75, 3.05) is 6.54 Å². The Hall–Kier alpha value is -1.36. The Bertz CT molecular complexity index is 377. The van der Waals surface area contributed by atoms with Crippen LogP contribution in [0.4, 0.5) is 0 Å². The second-order valence-corrected chi connectivity index (χ2v) is 4.94. The predicted octanol–water partition coefficient (Wildman–Crippen LogP) is 1.08. The first-order valence-corrected chi connectivity index (χ1v) is 5.78. The van der Waals surface area contributed by atoms with Gasteiger partial charge >= 0.3 is 0 Å². The van der Waals surface area contributed by atoms with E-state index in [2.05, 4.69) is 10.5 Å². The second kappa shape index (κ2) is 5.31. The lowest BCUT2D eigenvalue weighted by Crippen LogP contribution is -2.48. The van der Waals surface area contributed by atoms with E-state index in [0.29, 0.717) is 19.4 Å². The Morgan fingerprint density at radius 1 is 1.47 bits per heavy atom. The van der Waals surface area contributed by atoms with E-state index in [1.165, 1.54) is 0 Å². The van der Waals surface area contributed by atoms with E-state index in [9.17, 15) is 4.79 Å². The van der Waals surface area contributed by atoms with Gasteiger partial charge in [0.1, 0.15) is 5.76 Å². The van der Waals surface area contributed by atoms with Gasteiger partial charge in [-0.2, -0.15) is 0 Å². The molecule has 17 heavy (non-hydrogen) atoms. The van der Waals surface area contributed by atoms with Crippen LogP contribution in [0.3, 0.4) is 0 Å². The maximum Gasteiger partial charge on any atom is 0.220 e. The molecule has 0 aliphatic rings. The van der Waals surface area contributed by atoms with Crippen LogP contribution >= 0.6 is 0 Å². The molecule has 0 unspecified atom stereocenters. The summed E-state index contributed by atoms with van der Waals surface area (Å²) in [7, 11) is 0. The van der Waals surface area contributed by atoms with E-state index in [0.717, 1.165) is 17.0 Å². The number of aryl methyl sites for hydroxylation is 2. The number of nitrogens with zero attached hydrogens (tertiary/aromatic N) is 1. The molecule has 5 heteroatoms. The van der Waals surface area contributed by atoms with Crippen molar-refractivity contribution in [3.63, 3.8) is 0 Å². The summed E-state index contributed by atoms with van der Waals surface area (Å²) in [6.07, 6.45) is 1.07. The first-order valence-electron chi connectivity index (χ1n) is 5.78. The van der Waals surface area contributed by atoms with Gasteiger partial charge in [0.05, 0.1) is 5.69 Å². The Morgan fingerprint density at radius 2 is 2.12 bits per heavy atom. The molecule has 0 atom stereocenters. The van der Waals surface area contributed by atoms with E-state index >= 15 is 0 Å². The van der Waals surface area contributed by atoms with Crippen molar-refractivity contribution in [3.8, 4) is 0 Å². The molecule has 0 aliphatic carbocycles. The molecule has 0 aliphatic heterocycles. The standard InChI is InChI=1S/C12H21N3O2/c1-8-10(9(2)17-15-8)5-6-11(16)14-12(3,4)7-13/h5-7,13H2,1-4H3,(H,14,16). The average Bonchev–Trinajstić information content (AvgIpc) is 2.55. The number of nitrogens with two attached hydrogens (primary N) is 1. The number of amides is 1. The number of aromatic nitrogens is 1. The lowest BCUT2D eigenvalue weighted by atomic mass is 10.0. The second-order valence-electron chi connectivity index (χ2n) is 4.94. The topological polar surface area (TPSA) is 81.2 Å². The molecule has 1 aromatic rings. The van der Waals surface area contributed by atoms with Crippen LogP contribution in [0.1, 0.15) is 37.3 Å². The number of carbonyl (C=O) groups excluding carboxylic acids is 1. The van der Waals surface area contributed by atoms with Crippen molar-refractivity contribution >= 4 is 5.91 Å². The molecule has 3 N–H and O–H groups in total. The zero-order chi connectivity index (χ0) is 13.1. The predicted molar refractivity (Wildman–Crippen MR) is 65.6 cm³/mol. The fraction of sp³-hybridized carbons (Fsp3) is 0.667. The molecule has 0 spiro atoms. The van der Waals surface area contributed by atoms with Gasteiger partial charge in [0, 0.05) is 24.1 Å². The number of hydrogen-bond donors (Lipinski definition) is 2. The number of carbonyl (C=O) groups is 1. The maximum absolute atomic E-state index is 11.7. The Balaban J connectivity index is 2.49. The van der Waals surface area contributed by atoms with Crippen molar-refractivity contribution in [3.05, 3.63) is 17.0 Å². The van der Waals surface area contributed by atoms with E-state index in [1.54, 1.807) is 0 Å². The minimum Gasteiger partial charge on any atom is -0.361 e. The first-order chi connectivity index (χ1) is 7.85. The summed E-state index contributed by atoms with van der Waals surface area (Å²) in [5, 5.41) is 6.75. The van der Waals surface area contributed by atoms with Gasteiger partial charge in [0.2, 0.25) is 5.91 Å². The van der Waals surface area contributed by atoms with Crippen LogP contribution in [0.2, 0.25) is 0 Å². The van der Waals surface area contributed by atoms with Crippen LogP contribution in [0.5, 0.6) is 0 Å². The van der Waals surface area contributed by atoms with Gasteiger partial charge in [0.25, 0.3) is 0 Å². The van der Waals surface area contributed by atoms with Crippen molar-refractivity contribution in [1.29, 1.82) is 0 Å². The third kappa shape index (κ3) is 3.85. The highest BCUT2D eigenvalue weighted by Gasteiger charge is 2.18. The summed E-state index contributed by atoms with van der Waals surface area (Å²) in [5.41, 5.74) is 7.08. The van der Waals surface area contributed by atoms with Gasteiger partial charge in [-0.15, -0.1) is 0 Å². The van der Waals surface area contributed by atoms with E-state index in [-0.39, 0.29) is 11.4 Å². The molecular formula is C12H21N3O2. The van der Waals surface area contributed by atoms with E-state index in [4.69, 9.17) is 10.3 Å². The fourth-order valence-corrected chi connectivity index (χ4v) is 1.59. The summed E-state index contributed by atoms with van der Waals surface area (Å²) in [6.45, 7) is 7.97. The largest absolute Gasteiger partial charge is 0.361 e. The zero-order valence-corrected chi connectivity index (χ0v) is 11.0. The molecule has 1 aromatic heterocycles. The molecule has 0 bridgehead atoms. The van der Waals surface area contributed by atoms with Gasteiger partial charge in [-0.1, -0.05) is 5.16 Å². The molecule has 0 radical (unpaired) electrons. The van der Waals surface area contributed by atoms with Crippen molar-refractivity contribution in [2.45, 2.75) is 46.1 Å². The van der Waals surface area contributed by atoms with Gasteiger partial charge in [-0.25, -0.2) is 0 Å². The normalized spacial score (nSPS) is 11.6. The van der Waals surface area contributed by atoms with Gasteiger partial charge in [-0.3, -0.25) is 4.79 Å². The van der Waals surface area contributed by atoms with Gasteiger partial charge in [-0.05, 0) is 34.1 Å². The quantitative estimate of drug-likeness (QED) is 0.805. The third-order valence-electron chi connectivity index (χ3n) is 2.77. The molecule has 5 nitrogen and oxygen atoms in total. The minimum absolute atomic E-state index is 0.000417. The molecule has 0 saturated heterocycles. The van der Waals surface area contributed by atoms with Crippen LogP contribution in [0.25, 0.3) is 0 Å². The van der Waals surface area contributed by atoms with Crippen LogP contribution in [-0.4, -0.2) is 23.1 Å². The highest BCUT2D eigenvalue weighted by atomic mass is 16.5. The Morgan fingerprint density at radius 3 is 2.59 bits per heavy atom. The van der Waals surface area contributed by atoms with Crippen molar-refractivity contribution in [1.82, 2.24) is 10.5 Å². The lowest BCUT2D eigenvalue weighted by Gasteiger charge is -2.24. The Labute approximate surface area is 102 Å². The smallest absolute Gasteiger partial charge is 0.220 e. The highest BCUT2D eigenvalue weighted by Crippen LogP contribution is 2.14. The van der Waals surface area contributed by atoms with Gasteiger partial charge in [0.15, 0.2) is 0 Å². The zero-order valence-electron chi connectivity index (χ0n) is 11.0. The summed E-state index contributed by atoms with van der Waals surface area (Å²) in [6, 6.07) is 0. The van der Waals surface area contributed by atoms with Crippen molar-refractivity contribution in [2.24, 2.45) is 5.73 Å². The highest BCUT2D eigenvalue weighted by molar-refractivity contribution is 5.77. The maximum atomic E-state index is 11.7. The molecule has 0 aromatic carbocycles. The van der Waals surface area contributed by atoms with Crippen molar-refractivity contribution < 1.29 is 9.32 Å². The van der Waals surface area contributed by atoms with Crippen LogP contribution in [0.15, 0.2) is 4.52 Å². The van der Waals surface area contributed by atoms with Crippen LogP contribution in [-0.2, 0) is 11.2 Å². The van der Waals surface area contributed by atoms with E-state index < -0.39 is 0 Å². The molecule has 0 fully saturated rings. The average molecular weight is 239 g/mol. The number of rotatable bonds is 5. The van der Waals surface area contributed by atoms with Crippen LogP contribution in [0, 0.1) is 13.8 Å². The minimum atomic E-state index is -0.351. The Kier molecular flexibility index (Phi) is 4.28. The molecular weight excluding hydrogens is 218 g/mol. The monoisotopic (exact) mass is 239 g/mol. The van der Waals surface area contributed by atoms with Gasteiger partial charge < -0.3 is 15.6 Å². The number of nitrogens with one attached hydrogen (secondary N) is 1. The number of hydrogen-bond acceptors (Lipinski definition) is 4. The summed E-state index contributed by atoms with van der Waals surface area (Å²) in [5.74, 6) is 0.786. The summed E-state index contributed by atoms with van der Waals surface area (Å²) >= 11 is 0. The molecule has 1 rings (SSSR count). The lowest BCUT2D eigenvalue weighted by molar-refractivity contribution is -0.122. The molecule has 1 heterocycles. The fourth-order valence-electron chi connectivity index (χ4n) is 1.59. The van der Waals surface area contributed by atoms with E-state index in [1.807, 2.05) is 27.7 Å². The summed E-state index contributed by atoms with van der Waals surface area (Å²) < 4.78 is 5.05.